The van der Waals surface area contributed by atoms with E-state index in [1.165, 1.54) is 19.3 Å². The van der Waals surface area contributed by atoms with E-state index in [2.05, 4.69) is 26.0 Å². The van der Waals surface area contributed by atoms with Crippen LogP contribution in [0.15, 0.2) is 23.3 Å². The van der Waals surface area contributed by atoms with Crippen LogP contribution in [0, 0.1) is 17.3 Å². The summed E-state index contributed by atoms with van der Waals surface area (Å²) < 4.78 is 0. The lowest BCUT2D eigenvalue weighted by Crippen LogP contribution is -2.10. The molecule has 3 unspecified atom stereocenters. The molecular weight excluding hydrogens is 144 g/mol. The number of hydrogen-bond donors (Lipinski definition) is 0. The lowest BCUT2D eigenvalue weighted by atomic mass is 9.86. The molecule has 0 amide bonds. The molecule has 0 aromatic heterocycles. The van der Waals surface area contributed by atoms with Crippen molar-refractivity contribution in [3.63, 3.8) is 0 Å². The standard InChI is InChI=1S/C12H16/c1-3-9-4-11-5-10(9)7-12(11)6-8(12)2/h3,7-8,11H,4-6H2,1-2H3. The summed E-state index contributed by atoms with van der Waals surface area (Å²) in [6.45, 7) is 4.59. The second kappa shape index (κ2) is 1.86. The van der Waals surface area contributed by atoms with Gasteiger partial charge in [-0.1, -0.05) is 19.1 Å². The van der Waals surface area contributed by atoms with Crippen molar-refractivity contribution in [2.24, 2.45) is 17.3 Å². The Labute approximate surface area is 74.4 Å². The van der Waals surface area contributed by atoms with Crippen molar-refractivity contribution in [3.8, 4) is 0 Å². The average Bonchev–Trinajstić information content (AvgIpc) is 2.51. The second-order valence-corrected chi connectivity index (χ2v) is 4.81. The molecule has 2 saturated carbocycles. The molecule has 0 saturated heterocycles. The van der Waals surface area contributed by atoms with Crippen LogP contribution in [0.25, 0.3) is 0 Å². The molecule has 0 aliphatic heterocycles. The second-order valence-electron chi connectivity index (χ2n) is 4.81. The van der Waals surface area contributed by atoms with Crippen LogP contribution < -0.4 is 0 Å². The molecule has 3 atom stereocenters. The van der Waals surface area contributed by atoms with E-state index in [1.807, 2.05) is 0 Å². The van der Waals surface area contributed by atoms with Gasteiger partial charge in [0.2, 0.25) is 0 Å². The van der Waals surface area contributed by atoms with Crippen molar-refractivity contribution in [2.45, 2.75) is 33.1 Å². The summed E-state index contributed by atoms with van der Waals surface area (Å²) in [5.74, 6) is 1.98. The van der Waals surface area contributed by atoms with Gasteiger partial charge < -0.3 is 0 Å². The first-order valence-corrected chi connectivity index (χ1v) is 5.13. The van der Waals surface area contributed by atoms with Gasteiger partial charge in [0.25, 0.3) is 0 Å². The fraction of sp³-hybridized carbons (Fsp3) is 0.667. The smallest absolute Gasteiger partial charge is 0.00490 e. The first kappa shape index (κ1) is 6.94. The van der Waals surface area contributed by atoms with Gasteiger partial charge in [-0.25, -0.2) is 0 Å². The quantitative estimate of drug-likeness (QED) is 0.510. The molecule has 3 aliphatic carbocycles. The van der Waals surface area contributed by atoms with Crippen LogP contribution >= 0.6 is 0 Å². The molecule has 64 valence electrons. The Morgan fingerprint density at radius 1 is 1.50 bits per heavy atom. The minimum atomic E-state index is 0.696. The van der Waals surface area contributed by atoms with Crippen LogP contribution in [-0.2, 0) is 0 Å². The summed E-state index contributed by atoms with van der Waals surface area (Å²) in [6, 6.07) is 0. The Hall–Kier alpha value is -0.520. The van der Waals surface area contributed by atoms with Crippen molar-refractivity contribution >= 4 is 0 Å². The highest BCUT2D eigenvalue weighted by atomic mass is 14.6. The van der Waals surface area contributed by atoms with Crippen molar-refractivity contribution in [2.75, 3.05) is 0 Å². The number of fused-ring (bicyclic) bond motifs is 3. The molecule has 1 spiro atoms. The van der Waals surface area contributed by atoms with Gasteiger partial charge in [-0.3, -0.25) is 0 Å². The van der Waals surface area contributed by atoms with Gasteiger partial charge in [0.1, 0.15) is 0 Å². The van der Waals surface area contributed by atoms with Gasteiger partial charge in [0, 0.05) is 0 Å². The average molecular weight is 160 g/mol. The summed E-state index contributed by atoms with van der Waals surface area (Å²) in [5.41, 5.74) is 4.03. The molecule has 0 heteroatoms. The Kier molecular flexibility index (Phi) is 1.08. The normalized spacial score (nSPS) is 52.2. The molecule has 0 aromatic carbocycles. The van der Waals surface area contributed by atoms with Crippen LogP contribution in [-0.4, -0.2) is 0 Å². The molecule has 0 aromatic rings. The van der Waals surface area contributed by atoms with Crippen LogP contribution in [0.5, 0.6) is 0 Å². The van der Waals surface area contributed by atoms with E-state index < -0.39 is 0 Å². The van der Waals surface area contributed by atoms with E-state index in [0.717, 1.165) is 11.8 Å². The number of hydrogen-bond acceptors (Lipinski definition) is 0. The van der Waals surface area contributed by atoms with Crippen molar-refractivity contribution < 1.29 is 0 Å². The summed E-state index contributed by atoms with van der Waals surface area (Å²) in [6.07, 6.45) is 9.15. The molecular formula is C12H16. The topological polar surface area (TPSA) is 0 Å². The van der Waals surface area contributed by atoms with Crippen molar-refractivity contribution in [1.29, 1.82) is 0 Å². The third-order valence-corrected chi connectivity index (χ3v) is 4.31. The van der Waals surface area contributed by atoms with Crippen molar-refractivity contribution in [1.82, 2.24) is 0 Å². The monoisotopic (exact) mass is 160 g/mol. The summed E-state index contributed by atoms with van der Waals surface area (Å²) in [5, 5.41) is 0. The Balaban J connectivity index is 2.02. The minimum absolute atomic E-state index is 0.696. The molecule has 3 rings (SSSR count). The highest BCUT2D eigenvalue weighted by molar-refractivity contribution is 5.46. The molecule has 0 heterocycles. The Morgan fingerprint density at radius 3 is 2.67 bits per heavy atom. The maximum Gasteiger partial charge on any atom is -0.00490 e. The largest absolute Gasteiger partial charge is 0.0842 e. The zero-order chi connectivity index (χ0) is 8.34. The van der Waals surface area contributed by atoms with Crippen LogP contribution in [0.1, 0.15) is 33.1 Å². The van der Waals surface area contributed by atoms with Gasteiger partial charge in [-0.05, 0) is 54.6 Å². The van der Waals surface area contributed by atoms with Gasteiger partial charge in [0.15, 0.2) is 0 Å². The first-order valence-electron chi connectivity index (χ1n) is 5.13. The fourth-order valence-corrected chi connectivity index (χ4v) is 3.38. The minimum Gasteiger partial charge on any atom is -0.0842 e. The zero-order valence-corrected chi connectivity index (χ0v) is 7.93. The lowest BCUT2D eigenvalue weighted by molar-refractivity contribution is 0.391. The van der Waals surface area contributed by atoms with E-state index in [1.54, 1.807) is 11.1 Å². The molecule has 12 heavy (non-hydrogen) atoms. The maximum atomic E-state index is 2.60. The molecule has 0 N–H and O–H groups in total. The van der Waals surface area contributed by atoms with Gasteiger partial charge in [-0.2, -0.15) is 0 Å². The molecule has 0 nitrogen and oxygen atoms in total. The van der Waals surface area contributed by atoms with Gasteiger partial charge in [0.05, 0.1) is 0 Å². The van der Waals surface area contributed by atoms with Gasteiger partial charge in [-0.15, -0.1) is 0 Å². The molecule has 0 radical (unpaired) electrons. The fourth-order valence-electron chi connectivity index (χ4n) is 3.38. The zero-order valence-electron chi connectivity index (χ0n) is 7.93. The Bertz CT molecular complexity index is 295. The number of allylic oxidation sites excluding steroid dienone is 4. The SMILES string of the molecule is CC=C1CC2CC1=CC21CC1C. The van der Waals surface area contributed by atoms with E-state index in [0.29, 0.717) is 5.41 Å². The van der Waals surface area contributed by atoms with E-state index >= 15 is 0 Å². The summed E-state index contributed by atoms with van der Waals surface area (Å²) in [7, 11) is 0. The first-order chi connectivity index (χ1) is 5.76. The number of rotatable bonds is 0. The third-order valence-electron chi connectivity index (χ3n) is 4.31. The van der Waals surface area contributed by atoms with E-state index in [9.17, 15) is 0 Å². The van der Waals surface area contributed by atoms with Gasteiger partial charge >= 0.3 is 0 Å². The highest BCUT2D eigenvalue weighted by Gasteiger charge is 2.59. The summed E-state index contributed by atoms with van der Waals surface area (Å²) >= 11 is 0. The predicted molar refractivity (Wildman–Crippen MR) is 50.8 cm³/mol. The predicted octanol–water partition coefficient (Wildman–Crippen LogP) is 3.31. The van der Waals surface area contributed by atoms with E-state index in [4.69, 9.17) is 0 Å². The summed E-state index contributed by atoms with van der Waals surface area (Å²) in [4.78, 5) is 0. The third kappa shape index (κ3) is 0.608. The molecule has 3 aliphatic rings. The Morgan fingerprint density at radius 2 is 2.25 bits per heavy atom. The van der Waals surface area contributed by atoms with Crippen LogP contribution in [0.2, 0.25) is 0 Å². The van der Waals surface area contributed by atoms with Crippen LogP contribution in [0.4, 0.5) is 0 Å². The van der Waals surface area contributed by atoms with Crippen molar-refractivity contribution in [3.05, 3.63) is 23.3 Å². The highest BCUT2D eigenvalue weighted by Crippen LogP contribution is 2.69. The maximum absolute atomic E-state index is 2.60. The molecule has 2 bridgehead atoms. The lowest BCUT2D eigenvalue weighted by Gasteiger charge is -2.18. The van der Waals surface area contributed by atoms with E-state index in [-0.39, 0.29) is 0 Å². The molecule has 2 fully saturated rings. The van der Waals surface area contributed by atoms with Crippen LogP contribution in [0.3, 0.4) is 0 Å².